The molecule has 0 saturated heterocycles. The number of hydrogen-bond acceptors (Lipinski definition) is 1. The van der Waals surface area contributed by atoms with Gasteiger partial charge in [0.05, 0.1) is 0 Å². The first-order valence-corrected chi connectivity index (χ1v) is 12.0. The molecule has 4 aliphatic rings. The van der Waals surface area contributed by atoms with Crippen molar-refractivity contribution in [2.75, 3.05) is 0 Å². The van der Waals surface area contributed by atoms with E-state index >= 15 is 4.39 Å². The second kappa shape index (κ2) is 7.22. The fourth-order valence-electron chi connectivity index (χ4n) is 8.04. The highest BCUT2D eigenvalue weighted by atomic mass is 127. The maximum absolute atomic E-state index is 15.1. The molecule has 7 atom stereocenters. The lowest BCUT2D eigenvalue weighted by Gasteiger charge is -2.60. The molecule has 0 bridgehead atoms. The Morgan fingerprint density at radius 1 is 1.04 bits per heavy atom. The van der Waals surface area contributed by atoms with Crippen molar-refractivity contribution >= 4 is 23.0 Å². The summed E-state index contributed by atoms with van der Waals surface area (Å²) in [5.41, 5.74) is 0.730. The predicted molar refractivity (Wildman–Crippen MR) is 113 cm³/mol. The molecule has 3 fully saturated rings. The van der Waals surface area contributed by atoms with Crippen molar-refractivity contribution in [3.05, 3.63) is 11.6 Å². The van der Waals surface area contributed by atoms with Crippen LogP contribution in [0, 0.1) is 40.4 Å². The van der Waals surface area contributed by atoms with Crippen LogP contribution in [0.5, 0.6) is 0 Å². The molecule has 26 heavy (non-hydrogen) atoms. The molecule has 0 aliphatic heterocycles. The van der Waals surface area contributed by atoms with Gasteiger partial charge in [-0.2, -0.15) is 0 Å². The molecule has 7 unspecified atom stereocenters. The minimum atomic E-state index is 0.0900. The summed E-state index contributed by atoms with van der Waals surface area (Å²) in [6, 6.07) is 0. The lowest BCUT2D eigenvalue weighted by molar-refractivity contribution is -0.101. The van der Waals surface area contributed by atoms with Crippen LogP contribution in [0.2, 0.25) is 0 Å². The van der Waals surface area contributed by atoms with Crippen molar-refractivity contribution in [2.24, 2.45) is 40.4 Å². The Morgan fingerprint density at radius 3 is 2.54 bits per heavy atom. The molecule has 0 spiro atoms. The van der Waals surface area contributed by atoms with Crippen molar-refractivity contribution in [3.8, 4) is 0 Å². The largest absolute Gasteiger partial charge is 0.429 e. The average molecular weight is 474 g/mol. The third kappa shape index (κ3) is 2.80. The Morgan fingerprint density at radius 2 is 1.81 bits per heavy atom. The van der Waals surface area contributed by atoms with Gasteiger partial charge in [-0.05, 0) is 85.9 Å². The van der Waals surface area contributed by atoms with Crippen LogP contribution in [-0.4, -0.2) is 0 Å². The summed E-state index contributed by atoms with van der Waals surface area (Å²) >= 11 is 1.86. The molecule has 0 radical (unpaired) electrons. The molecule has 0 aromatic heterocycles. The summed E-state index contributed by atoms with van der Waals surface area (Å²) in [5, 5.41) is 0. The molecule has 0 N–H and O–H groups in total. The van der Waals surface area contributed by atoms with Gasteiger partial charge in [-0.1, -0.05) is 33.6 Å². The minimum Gasteiger partial charge on any atom is -0.429 e. The molecule has 1 nitrogen and oxygen atoms in total. The van der Waals surface area contributed by atoms with Gasteiger partial charge in [0.15, 0.2) is 23.0 Å². The Hall–Kier alpha value is 0.200. The summed E-state index contributed by atoms with van der Waals surface area (Å²) in [6.07, 6.45) is 14.0. The number of rotatable bonds is 4. The van der Waals surface area contributed by atoms with Gasteiger partial charge in [-0.15, -0.1) is 0 Å². The van der Waals surface area contributed by atoms with Crippen LogP contribution in [0.4, 0.5) is 4.39 Å². The molecule has 148 valence electrons. The van der Waals surface area contributed by atoms with Crippen LogP contribution in [-0.2, 0) is 3.07 Å². The third-order valence-electron chi connectivity index (χ3n) is 9.53. The van der Waals surface area contributed by atoms with E-state index in [1.54, 1.807) is 0 Å². The maximum Gasteiger partial charge on any atom is 0.192 e. The van der Waals surface area contributed by atoms with Crippen LogP contribution in [0.25, 0.3) is 0 Å². The van der Waals surface area contributed by atoms with E-state index in [2.05, 4.69) is 20.8 Å². The first-order chi connectivity index (χ1) is 12.5. The topological polar surface area (TPSA) is 9.23 Å². The van der Waals surface area contributed by atoms with Gasteiger partial charge >= 0.3 is 0 Å². The van der Waals surface area contributed by atoms with E-state index in [0.717, 1.165) is 42.9 Å². The predicted octanol–water partition coefficient (Wildman–Crippen LogP) is 7.99. The van der Waals surface area contributed by atoms with Gasteiger partial charge in [0.1, 0.15) is 11.6 Å². The molecule has 4 aliphatic carbocycles. The maximum atomic E-state index is 15.1. The van der Waals surface area contributed by atoms with Crippen molar-refractivity contribution in [1.82, 2.24) is 0 Å². The molecule has 0 heterocycles. The van der Waals surface area contributed by atoms with Gasteiger partial charge in [0, 0.05) is 12.3 Å². The van der Waals surface area contributed by atoms with Gasteiger partial charge in [0.2, 0.25) is 0 Å². The van der Waals surface area contributed by atoms with E-state index in [9.17, 15) is 0 Å². The van der Waals surface area contributed by atoms with Gasteiger partial charge in [-0.25, -0.2) is 4.39 Å². The number of halogens is 2. The number of hydrogen-bond donors (Lipinski definition) is 0. The van der Waals surface area contributed by atoms with Crippen molar-refractivity contribution < 1.29 is 7.46 Å². The van der Waals surface area contributed by atoms with Crippen molar-refractivity contribution in [1.29, 1.82) is 0 Å². The van der Waals surface area contributed by atoms with E-state index in [1.807, 2.05) is 23.0 Å². The Labute approximate surface area is 173 Å². The van der Waals surface area contributed by atoms with Gasteiger partial charge in [-0.3, -0.25) is 0 Å². The monoisotopic (exact) mass is 474 g/mol. The Balaban J connectivity index is 1.58. The highest BCUT2D eigenvalue weighted by Gasteiger charge is 2.60. The van der Waals surface area contributed by atoms with E-state index in [1.165, 1.54) is 51.4 Å². The van der Waals surface area contributed by atoms with Crippen molar-refractivity contribution in [2.45, 2.75) is 91.4 Å². The van der Waals surface area contributed by atoms with Gasteiger partial charge in [0.25, 0.3) is 0 Å². The fourth-order valence-corrected chi connectivity index (χ4v) is 8.47. The summed E-state index contributed by atoms with van der Waals surface area (Å²) < 4.78 is 20.4. The van der Waals surface area contributed by atoms with E-state index in [0.29, 0.717) is 11.2 Å². The molecule has 3 saturated carbocycles. The molecule has 0 aromatic carbocycles. The number of allylic oxidation sites excluding steroid dienone is 2. The minimum absolute atomic E-state index is 0.0900. The molecule has 3 heteroatoms. The van der Waals surface area contributed by atoms with Gasteiger partial charge < -0.3 is 3.07 Å². The Bertz CT molecular complexity index is 575. The van der Waals surface area contributed by atoms with Crippen LogP contribution in [0.1, 0.15) is 91.4 Å². The molecular formula is C23H36FIO. The summed E-state index contributed by atoms with van der Waals surface area (Å²) in [6.45, 7) is 7.37. The van der Waals surface area contributed by atoms with Crippen LogP contribution in [0.15, 0.2) is 11.6 Å². The lowest BCUT2D eigenvalue weighted by atomic mass is 9.45. The summed E-state index contributed by atoms with van der Waals surface area (Å²) in [4.78, 5) is 0. The molecular weight excluding hydrogens is 438 g/mol. The smallest absolute Gasteiger partial charge is 0.192 e. The molecule has 0 amide bonds. The fraction of sp³-hybridized carbons (Fsp3) is 0.913. The SMILES string of the molecule is CCCCC1CCC2C3CCC4C(F)=C(OI)CCC4(C)C3CCC12C. The quantitative estimate of drug-likeness (QED) is 0.375. The highest BCUT2D eigenvalue weighted by molar-refractivity contribution is 14.1. The van der Waals surface area contributed by atoms with E-state index < -0.39 is 0 Å². The van der Waals surface area contributed by atoms with E-state index in [-0.39, 0.29) is 17.2 Å². The van der Waals surface area contributed by atoms with Crippen LogP contribution < -0.4 is 0 Å². The highest BCUT2D eigenvalue weighted by Crippen LogP contribution is 2.68. The summed E-state index contributed by atoms with van der Waals surface area (Å²) in [5.74, 6) is 4.25. The number of unbranched alkanes of at least 4 members (excludes halogenated alkanes) is 1. The zero-order valence-corrected chi connectivity index (χ0v) is 19.0. The van der Waals surface area contributed by atoms with Crippen molar-refractivity contribution in [3.63, 3.8) is 0 Å². The molecule has 4 rings (SSSR count). The van der Waals surface area contributed by atoms with E-state index in [4.69, 9.17) is 3.07 Å². The zero-order chi connectivity index (χ0) is 18.5. The van der Waals surface area contributed by atoms with Crippen LogP contribution in [0.3, 0.4) is 0 Å². The first-order valence-electron chi connectivity index (χ1n) is 11.1. The third-order valence-corrected chi connectivity index (χ3v) is 10.1. The van der Waals surface area contributed by atoms with Crippen LogP contribution >= 0.6 is 23.0 Å². The zero-order valence-electron chi connectivity index (χ0n) is 16.8. The first kappa shape index (κ1) is 19.5. The second-order valence-electron chi connectivity index (χ2n) is 10.3. The molecule has 0 aromatic rings. The lowest BCUT2D eigenvalue weighted by Crippen LogP contribution is -2.53. The normalized spacial score (nSPS) is 48.0. The number of fused-ring (bicyclic) bond motifs is 5. The second-order valence-corrected chi connectivity index (χ2v) is 10.8. The summed E-state index contributed by atoms with van der Waals surface area (Å²) in [7, 11) is 0. The standard InChI is InChI=1S/C23H36FIO/c1-4-5-6-15-7-9-17-16-8-10-19-21(24)20(26-25)12-14-23(19,3)18(16)11-13-22(15,17)2/h15-19H,4-14H2,1-3H3. The Kier molecular flexibility index (Phi) is 5.42. The average Bonchev–Trinajstić information content (AvgIpc) is 2.96.